The van der Waals surface area contributed by atoms with E-state index in [-0.39, 0.29) is 11.4 Å². The summed E-state index contributed by atoms with van der Waals surface area (Å²) in [6.07, 6.45) is 4.22. The molecule has 0 aromatic carbocycles. The third kappa shape index (κ3) is 2.64. The predicted molar refractivity (Wildman–Crippen MR) is 69.6 cm³/mol. The van der Waals surface area contributed by atoms with Gasteiger partial charge in [0.25, 0.3) is 0 Å². The first-order valence-corrected chi connectivity index (χ1v) is 6.69. The highest BCUT2D eigenvalue weighted by Crippen LogP contribution is 2.38. The number of methoxy groups -OCH3 is 1. The summed E-state index contributed by atoms with van der Waals surface area (Å²) in [7, 11) is 1.72. The van der Waals surface area contributed by atoms with Gasteiger partial charge in [-0.3, -0.25) is 9.48 Å². The lowest BCUT2D eigenvalue weighted by Crippen LogP contribution is -2.41. The molecule has 0 atom stereocenters. The summed E-state index contributed by atoms with van der Waals surface area (Å²) in [5.41, 5.74) is 1.83. The molecule has 2 rings (SSSR count). The van der Waals surface area contributed by atoms with E-state index in [2.05, 4.69) is 5.10 Å². The Kier molecular flexibility index (Phi) is 3.85. The summed E-state index contributed by atoms with van der Waals surface area (Å²) in [4.78, 5) is 12.1. The maximum absolute atomic E-state index is 12.1. The van der Waals surface area contributed by atoms with Crippen molar-refractivity contribution < 1.29 is 9.53 Å². The molecule has 100 valence electrons. The molecule has 4 nitrogen and oxygen atoms in total. The minimum atomic E-state index is -0.163. The largest absolute Gasteiger partial charge is 0.378 e. The van der Waals surface area contributed by atoms with Gasteiger partial charge in [-0.2, -0.15) is 5.10 Å². The van der Waals surface area contributed by atoms with E-state index in [0.717, 1.165) is 30.8 Å². The summed E-state index contributed by atoms with van der Waals surface area (Å²) in [6.45, 7) is 4.82. The van der Waals surface area contributed by atoms with Crippen LogP contribution in [-0.4, -0.2) is 28.3 Å². The van der Waals surface area contributed by atoms with Crippen LogP contribution in [0, 0.1) is 6.92 Å². The quantitative estimate of drug-likeness (QED) is 0.778. The molecule has 0 spiro atoms. The topological polar surface area (TPSA) is 44.1 Å². The van der Waals surface area contributed by atoms with Crippen LogP contribution in [0.4, 0.5) is 0 Å². The van der Waals surface area contributed by atoms with E-state index in [1.165, 1.54) is 6.42 Å². The van der Waals surface area contributed by atoms with Gasteiger partial charge in [-0.15, -0.1) is 0 Å². The number of hydrogen-bond donors (Lipinski definition) is 0. The fraction of sp³-hybridized carbons (Fsp3) is 0.714. The second-order valence-corrected chi connectivity index (χ2v) is 5.23. The van der Waals surface area contributed by atoms with Crippen molar-refractivity contribution in [2.24, 2.45) is 0 Å². The molecule has 1 fully saturated rings. The summed E-state index contributed by atoms with van der Waals surface area (Å²) in [5, 5.41) is 4.37. The Morgan fingerprint density at radius 3 is 2.78 bits per heavy atom. The third-order valence-electron chi connectivity index (χ3n) is 3.88. The van der Waals surface area contributed by atoms with Crippen molar-refractivity contribution in [1.82, 2.24) is 9.78 Å². The highest BCUT2D eigenvalue weighted by molar-refractivity contribution is 5.81. The number of carbonyl (C=O) groups is 1. The van der Waals surface area contributed by atoms with Gasteiger partial charge in [0.05, 0.1) is 11.3 Å². The number of hydrogen-bond acceptors (Lipinski definition) is 3. The molecule has 0 aliphatic heterocycles. The van der Waals surface area contributed by atoms with Crippen LogP contribution in [0.5, 0.6) is 0 Å². The number of Topliss-reactive ketones (excluding diaryl/α,β-unsaturated/α-hetero) is 1. The average Bonchev–Trinajstić information content (AvgIpc) is 2.64. The van der Waals surface area contributed by atoms with Crippen molar-refractivity contribution in [2.75, 3.05) is 7.11 Å². The zero-order chi connectivity index (χ0) is 13.2. The van der Waals surface area contributed by atoms with Gasteiger partial charge in [0.15, 0.2) is 0 Å². The van der Waals surface area contributed by atoms with Crippen LogP contribution >= 0.6 is 0 Å². The Hall–Kier alpha value is -1.16. The van der Waals surface area contributed by atoms with Crippen LogP contribution in [0.15, 0.2) is 6.07 Å². The van der Waals surface area contributed by atoms with E-state index in [1.807, 2.05) is 24.6 Å². The molecule has 0 unspecified atom stereocenters. The SMILES string of the molecule is CCn1nc(C)cc1CC(=O)CC1(OC)CCC1. The summed E-state index contributed by atoms with van der Waals surface area (Å²) < 4.78 is 7.41. The van der Waals surface area contributed by atoms with Gasteiger partial charge in [-0.1, -0.05) is 0 Å². The molecular weight excluding hydrogens is 228 g/mol. The number of nitrogens with zero attached hydrogens (tertiary/aromatic N) is 2. The van der Waals surface area contributed by atoms with Crippen molar-refractivity contribution in [1.29, 1.82) is 0 Å². The van der Waals surface area contributed by atoms with Gasteiger partial charge in [0.2, 0.25) is 0 Å². The lowest BCUT2D eigenvalue weighted by molar-refractivity contribution is -0.131. The standard InChI is InChI=1S/C14H22N2O2/c1-4-16-12(8-11(2)15-16)9-13(17)10-14(18-3)6-5-7-14/h8H,4-7,9-10H2,1-3H3. The normalized spacial score (nSPS) is 17.5. The lowest BCUT2D eigenvalue weighted by Gasteiger charge is -2.40. The van der Waals surface area contributed by atoms with Gasteiger partial charge in [-0.05, 0) is 39.2 Å². The molecule has 0 radical (unpaired) electrons. The number of ketones is 1. The van der Waals surface area contributed by atoms with Crippen LogP contribution in [-0.2, 0) is 22.5 Å². The van der Waals surface area contributed by atoms with E-state index in [0.29, 0.717) is 12.8 Å². The predicted octanol–water partition coefficient (Wildman–Crippen LogP) is 2.28. The lowest BCUT2D eigenvalue weighted by atomic mass is 9.76. The number of ether oxygens (including phenoxy) is 1. The van der Waals surface area contributed by atoms with Crippen molar-refractivity contribution in [3.8, 4) is 0 Å². The molecule has 0 amide bonds. The molecule has 1 aliphatic rings. The zero-order valence-electron chi connectivity index (χ0n) is 11.5. The Morgan fingerprint density at radius 2 is 2.28 bits per heavy atom. The molecule has 1 aliphatic carbocycles. The Bertz CT molecular complexity index is 427. The van der Waals surface area contributed by atoms with Crippen LogP contribution in [0.3, 0.4) is 0 Å². The van der Waals surface area contributed by atoms with Crippen LogP contribution in [0.2, 0.25) is 0 Å². The second kappa shape index (κ2) is 5.22. The number of rotatable bonds is 6. The van der Waals surface area contributed by atoms with E-state index >= 15 is 0 Å². The molecule has 1 saturated carbocycles. The fourth-order valence-electron chi connectivity index (χ4n) is 2.66. The maximum Gasteiger partial charge on any atom is 0.141 e. The first-order valence-electron chi connectivity index (χ1n) is 6.69. The summed E-state index contributed by atoms with van der Waals surface area (Å²) >= 11 is 0. The van der Waals surface area contributed by atoms with Crippen molar-refractivity contribution in [2.45, 2.75) is 58.1 Å². The van der Waals surface area contributed by atoms with Gasteiger partial charge in [0.1, 0.15) is 5.78 Å². The fourth-order valence-corrected chi connectivity index (χ4v) is 2.66. The van der Waals surface area contributed by atoms with Crippen LogP contribution < -0.4 is 0 Å². The molecule has 18 heavy (non-hydrogen) atoms. The monoisotopic (exact) mass is 250 g/mol. The second-order valence-electron chi connectivity index (χ2n) is 5.23. The Balaban J connectivity index is 1.98. The van der Waals surface area contributed by atoms with Crippen LogP contribution in [0.25, 0.3) is 0 Å². The van der Waals surface area contributed by atoms with E-state index in [9.17, 15) is 4.79 Å². The molecule has 0 bridgehead atoms. The smallest absolute Gasteiger partial charge is 0.141 e. The highest BCUT2D eigenvalue weighted by Gasteiger charge is 2.38. The van der Waals surface area contributed by atoms with E-state index < -0.39 is 0 Å². The number of carbonyl (C=O) groups excluding carboxylic acids is 1. The van der Waals surface area contributed by atoms with Gasteiger partial charge < -0.3 is 4.74 Å². The molecule has 1 aromatic rings. The molecule has 4 heteroatoms. The van der Waals surface area contributed by atoms with Gasteiger partial charge in [-0.25, -0.2) is 0 Å². The van der Waals surface area contributed by atoms with Gasteiger partial charge in [0, 0.05) is 32.2 Å². The van der Waals surface area contributed by atoms with Crippen LogP contribution in [0.1, 0.15) is 44.0 Å². The number of aromatic nitrogens is 2. The van der Waals surface area contributed by atoms with Crippen molar-refractivity contribution in [3.05, 3.63) is 17.5 Å². The minimum absolute atomic E-state index is 0.163. The Labute approximate surface area is 108 Å². The molecular formula is C14H22N2O2. The zero-order valence-corrected chi connectivity index (χ0v) is 11.5. The number of aryl methyl sites for hydroxylation is 2. The Morgan fingerprint density at radius 1 is 1.56 bits per heavy atom. The van der Waals surface area contributed by atoms with Crippen molar-refractivity contribution >= 4 is 5.78 Å². The molecule has 0 saturated heterocycles. The van der Waals surface area contributed by atoms with Gasteiger partial charge >= 0.3 is 0 Å². The summed E-state index contributed by atoms with van der Waals surface area (Å²) in [5.74, 6) is 0.256. The maximum atomic E-state index is 12.1. The highest BCUT2D eigenvalue weighted by atomic mass is 16.5. The molecule has 1 heterocycles. The van der Waals surface area contributed by atoms with E-state index in [4.69, 9.17) is 4.74 Å². The first kappa shape index (κ1) is 13.3. The van der Waals surface area contributed by atoms with Crippen molar-refractivity contribution in [3.63, 3.8) is 0 Å². The average molecular weight is 250 g/mol. The molecule has 1 aromatic heterocycles. The summed E-state index contributed by atoms with van der Waals surface area (Å²) in [6, 6.07) is 2.00. The van der Waals surface area contributed by atoms with E-state index in [1.54, 1.807) is 7.11 Å². The third-order valence-corrected chi connectivity index (χ3v) is 3.88. The first-order chi connectivity index (χ1) is 8.58. The minimum Gasteiger partial charge on any atom is -0.378 e. The molecule has 0 N–H and O–H groups in total.